The monoisotopic (exact) mass is 1130 g/mol. The summed E-state index contributed by atoms with van der Waals surface area (Å²) in [6, 6.07) is 0. The van der Waals surface area contributed by atoms with Gasteiger partial charge >= 0.3 is 0 Å². The molecular weight excluding hydrogens is 951 g/mol. The third-order valence-corrected chi connectivity index (χ3v) is 9.52. The van der Waals surface area contributed by atoms with Crippen LogP contribution in [0.25, 0.3) is 0 Å². The molecule has 0 rings (SSSR count). The maximum absolute atomic E-state index is 9.89. The molecule has 78 heavy (non-hydrogen) atoms. The quantitative estimate of drug-likeness (QED) is 0.0396. The van der Waals surface area contributed by atoms with Crippen molar-refractivity contribution in [3.63, 3.8) is 0 Å². The molecule has 0 aliphatic rings. The molecule has 1 unspecified atom stereocenters. The van der Waals surface area contributed by atoms with Crippen LogP contribution in [-0.4, -0.2) is 46.3 Å². The molecule has 0 aromatic heterocycles. The predicted molar refractivity (Wildman–Crippen MR) is 380 cm³/mol. The second-order valence-electron chi connectivity index (χ2n) is 19.4. The zero-order chi connectivity index (χ0) is 64.1. The molecular formula is C74H175NO3. The van der Waals surface area contributed by atoms with E-state index in [-0.39, 0.29) is 0 Å². The fraction of sp³-hybridized carbons (Fsp3) is 0.959. The van der Waals surface area contributed by atoms with Gasteiger partial charge in [-0.3, -0.25) is 0 Å². The van der Waals surface area contributed by atoms with Crippen LogP contribution in [0.15, 0.2) is 12.7 Å². The summed E-state index contributed by atoms with van der Waals surface area (Å²) in [5.74, 6) is 0. The maximum Gasteiger partial charge on any atom is 0.119 e. The van der Waals surface area contributed by atoms with Crippen LogP contribution in [0.5, 0.6) is 0 Å². The predicted octanol–water partition coefficient (Wildman–Crippen LogP) is 28.8. The summed E-state index contributed by atoms with van der Waals surface area (Å²) in [5.41, 5.74) is 0. The second-order valence-corrected chi connectivity index (χ2v) is 19.4. The Labute approximate surface area is 507 Å². The fourth-order valence-corrected chi connectivity index (χ4v) is 4.81. The van der Waals surface area contributed by atoms with Gasteiger partial charge in [0, 0.05) is 27.2 Å². The first-order valence-electron chi connectivity index (χ1n) is 35.6. The Morgan fingerprint density at radius 3 is 0.782 bits per heavy atom. The van der Waals surface area contributed by atoms with Gasteiger partial charge in [0.1, 0.15) is 6.29 Å². The molecule has 0 radical (unpaired) electrons. The number of rotatable bonds is 34. The van der Waals surface area contributed by atoms with E-state index in [0.717, 1.165) is 32.2 Å². The van der Waals surface area contributed by atoms with Crippen molar-refractivity contribution in [2.45, 2.75) is 437 Å². The lowest BCUT2D eigenvalue weighted by molar-refractivity contribution is -0.107. The summed E-state index contributed by atoms with van der Waals surface area (Å²) in [4.78, 5) is 9.89. The first-order valence-corrected chi connectivity index (χ1v) is 35.6. The minimum Gasteiger partial charge on any atom is -0.385 e. The van der Waals surface area contributed by atoms with E-state index >= 15 is 0 Å². The molecule has 0 saturated heterocycles. The molecule has 494 valence electrons. The molecule has 1 N–H and O–H groups in total. The van der Waals surface area contributed by atoms with Gasteiger partial charge in [0.05, 0.1) is 6.10 Å². The Kier molecular flexibility index (Phi) is 276. The minimum atomic E-state index is 0.449. The van der Waals surface area contributed by atoms with Crippen molar-refractivity contribution >= 4 is 6.29 Å². The van der Waals surface area contributed by atoms with Crippen molar-refractivity contribution in [1.29, 1.82) is 0 Å². The Bertz CT molecular complexity index is 574. The Balaban J connectivity index is -0.0000000431. The van der Waals surface area contributed by atoms with Crippen molar-refractivity contribution < 1.29 is 14.3 Å². The number of nitrogens with one attached hydrogen (secondary N) is 1. The molecule has 4 nitrogen and oxygen atoms in total. The number of ether oxygens (including phenoxy) is 2. The first kappa shape index (κ1) is 116. The first-order chi connectivity index (χ1) is 37.8. The molecule has 4 heteroatoms. The molecule has 0 aromatic rings. The zero-order valence-corrected chi connectivity index (χ0v) is 62.2. The number of aldehydes is 1. The number of methoxy groups -OCH3 is 2. The Morgan fingerprint density at radius 1 is 0.359 bits per heavy atom. The van der Waals surface area contributed by atoms with Crippen LogP contribution in [0.2, 0.25) is 0 Å². The van der Waals surface area contributed by atoms with E-state index in [0.29, 0.717) is 6.10 Å². The largest absolute Gasteiger partial charge is 0.385 e. The topological polar surface area (TPSA) is 47.6 Å². The van der Waals surface area contributed by atoms with Crippen LogP contribution in [0.3, 0.4) is 0 Å². The van der Waals surface area contributed by atoms with Crippen LogP contribution in [0.4, 0.5) is 0 Å². The number of allylic oxidation sites excluding steroid dienone is 1. The number of unbranched alkanes of at least 4 members (excludes halogenated alkanes) is 23. The molecule has 1 atom stereocenters. The van der Waals surface area contributed by atoms with Gasteiger partial charge in [0.25, 0.3) is 0 Å². The highest BCUT2D eigenvalue weighted by molar-refractivity contribution is 5.48. The second kappa shape index (κ2) is 185. The van der Waals surface area contributed by atoms with Gasteiger partial charge in [0.2, 0.25) is 0 Å². The van der Waals surface area contributed by atoms with Gasteiger partial charge in [-0.25, -0.2) is 0 Å². The van der Waals surface area contributed by atoms with E-state index < -0.39 is 0 Å². The lowest BCUT2D eigenvalue weighted by Crippen LogP contribution is -2.15. The van der Waals surface area contributed by atoms with Gasteiger partial charge in [-0.15, -0.1) is 6.58 Å². The Morgan fingerprint density at radius 2 is 0.615 bits per heavy atom. The average molecular weight is 1130 g/mol. The van der Waals surface area contributed by atoms with Crippen LogP contribution in [0, 0.1) is 0 Å². The molecule has 0 bridgehead atoms. The van der Waals surface area contributed by atoms with Crippen molar-refractivity contribution in [3.05, 3.63) is 12.7 Å². The van der Waals surface area contributed by atoms with Crippen molar-refractivity contribution in [2.75, 3.05) is 33.9 Å². The highest BCUT2D eigenvalue weighted by atomic mass is 16.5. The van der Waals surface area contributed by atoms with Gasteiger partial charge < -0.3 is 19.6 Å². The maximum atomic E-state index is 9.89. The SMILES string of the molecule is C=CCC.CC.CC.CCC.CCC.CCC.CCC.CCCC.CCCC(C)OC.CCCCCC.CCCCCC.CCCCCCCCC=O.CCCCCCCCCCC.CCCCNCCC.CCCCOC. The van der Waals surface area contributed by atoms with E-state index in [2.05, 4.69) is 171 Å². The number of hydrogen-bond donors (Lipinski definition) is 1. The van der Waals surface area contributed by atoms with Gasteiger partial charge in [-0.1, -0.05) is 385 Å². The highest BCUT2D eigenvalue weighted by Crippen LogP contribution is 2.09. The van der Waals surface area contributed by atoms with Crippen molar-refractivity contribution in [2.24, 2.45) is 0 Å². The van der Waals surface area contributed by atoms with Crippen molar-refractivity contribution in [3.8, 4) is 0 Å². The third-order valence-electron chi connectivity index (χ3n) is 9.52. The summed E-state index contributed by atoms with van der Waals surface area (Å²) in [7, 11) is 3.48. The van der Waals surface area contributed by atoms with Gasteiger partial charge in [-0.05, 0) is 58.5 Å². The Hall–Kier alpha value is -0.710. The van der Waals surface area contributed by atoms with E-state index in [1.165, 1.54) is 238 Å². The summed E-state index contributed by atoms with van der Waals surface area (Å²) < 4.78 is 9.77. The smallest absolute Gasteiger partial charge is 0.119 e. The normalized spacial score (nSPS) is 8.83. The number of carbonyl (C=O) groups excluding carboxylic acids is 1. The van der Waals surface area contributed by atoms with Crippen molar-refractivity contribution in [1.82, 2.24) is 5.32 Å². The highest BCUT2D eigenvalue weighted by Gasteiger charge is 1.93. The summed E-state index contributed by atoms with van der Waals surface area (Å²) in [6.07, 6.45) is 53.2. The molecule has 0 saturated carbocycles. The summed E-state index contributed by atoms with van der Waals surface area (Å²) >= 11 is 0. The minimum absolute atomic E-state index is 0.449. The molecule has 0 amide bonds. The average Bonchev–Trinajstić information content (AvgIpc) is 3.46. The van der Waals surface area contributed by atoms with Crippen LogP contribution >= 0.6 is 0 Å². The van der Waals surface area contributed by atoms with Crippen LogP contribution in [-0.2, 0) is 14.3 Å². The van der Waals surface area contributed by atoms with Crippen LogP contribution in [0.1, 0.15) is 431 Å². The molecule has 0 aromatic carbocycles. The summed E-state index contributed by atoms with van der Waals surface area (Å²) in [5, 5.41) is 3.34. The van der Waals surface area contributed by atoms with Crippen LogP contribution < -0.4 is 5.32 Å². The third kappa shape index (κ3) is 334. The molecule has 0 aliphatic carbocycles. The zero-order valence-electron chi connectivity index (χ0n) is 62.2. The molecule has 0 fully saturated rings. The van der Waals surface area contributed by atoms with E-state index in [1.54, 1.807) is 14.2 Å². The van der Waals surface area contributed by atoms with E-state index in [1.807, 2.05) is 33.8 Å². The van der Waals surface area contributed by atoms with Gasteiger partial charge in [-0.2, -0.15) is 0 Å². The fourth-order valence-electron chi connectivity index (χ4n) is 4.81. The van der Waals surface area contributed by atoms with E-state index in [9.17, 15) is 4.79 Å². The number of carbonyl (C=O) groups is 1. The lowest BCUT2D eigenvalue weighted by atomic mass is 10.1. The summed E-state index contributed by atoms with van der Waals surface area (Å²) in [6.45, 7) is 64.7. The van der Waals surface area contributed by atoms with Gasteiger partial charge in [0.15, 0.2) is 0 Å². The lowest BCUT2D eigenvalue weighted by Gasteiger charge is -2.04. The molecule has 0 aliphatic heterocycles. The molecule has 0 heterocycles. The molecule has 0 spiro atoms. The van der Waals surface area contributed by atoms with E-state index in [4.69, 9.17) is 9.47 Å². The standard InChI is InChI=1S/C11H24.C9H18O.C7H17N.C6H14O.2C6H14.C5H12O.C4H10.C4H8.4C3H8.2C2H6/c1-3-5-7-9-11-10-8-6-4-2;1-2-3-4-5-6-7-8-9-10;1-3-5-7-8-6-4-2;1-4-5-6(2)7-3;2*1-3-5-6-4-2;1-3-4-5-6-2;2*1-3-4-2;4*1-3-2;2*1-2/h3-11H2,1-2H3;9H,2-8H2,1H3;8H,3-7H2,1-2H3;6H,4-5H2,1-3H3;2*3-6H2,1-2H3;3-5H2,1-2H3;3-4H2,1-2H3;3H,1,4H2,2H3;4*3H2,1-2H3;2*1-2H3. The number of hydrogen-bond acceptors (Lipinski definition) is 4.